The highest BCUT2D eigenvalue weighted by atomic mass is 32.1. The zero-order valence-corrected chi connectivity index (χ0v) is 9.19. The molecule has 5 heteroatoms. The molecule has 1 aromatic rings. The Morgan fingerprint density at radius 2 is 2.50 bits per heavy atom. The average molecular weight is 214 g/mol. The summed E-state index contributed by atoms with van der Waals surface area (Å²) in [6.07, 6.45) is 0.825. The number of aryl methyl sites for hydroxylation is 1. The van der Waals surface area contributed by atoms with Gasteiger partial charge in [0.2, 0.25) is 0 Å². The molecule has 78 valence electrons. The second-order valence-electron chi connectivity index (χ2n) is 2.85. The molecule has 0 aliphatic carbocycles. The molecular formula is C9H14N2O2S. The van der Waals surface area contributed by atoms with Crippen molar-refractivity contribution in [2.45, 2.75) is 13.3 Å². The van der Waals surface area contributed by atoms with E-state index in [1.165, 1.54) is 11.3 Å². The second kappa shape index (κ2) is 5.72. The van der Waals surface area contributed by atoms with Crippen LogP contribution in [-0.2, 0) is 4.74 Å². The molecule has 0 aliphatic heterocycles. The van der Waals surface area contributed by atoms with E-state index in [1.807, 2.05) is 6.92 Å². The van der Waals surface area contributed by atoms with E-state index < -0.39 is 0 Å². The molecule has 14 heavy (non-hydrogen) atoms. The molecule has 0 saturated carbocycles. The van der Waals surface area contributed by atoms with Crippen LogP contribution >= 0.6 is 11.3 Å². The number of aromatic nitrogens is 1. The van der Waals surface area contributed by atoms with Gasteiger partial charge in [-0.3, -0.25) is 4.79 Å². The summed E-state index contributed by atoms with van der Waals surface area (Å²) in [5.41, 5.74) is 0.505. The van der Waals surface area contributed by atoms with Gasteiger partial charge in [-0.25, -0.2) is 4.98 Å². The number of thiazole rings is 1. The summed E-state index contributed by atoms with van der Waals surface area (Å²) in [5.74, 6) is -0.106. The fourth-order valence-electron chi connectivity index (χ4n) is 0.977. The van der Waals surface area contributed by atoms with Crippen molar-refractivity contribution in [3.63, 3.8) is 0 Å². The van der Waals surface area contributed by atoms with Crippen LogP contribution in [0.3, 0.4) is 0 Å². The number of hydrogen-bond donors (Lipinski definition) is 1. The van der Waals surface area contributed by atoms with Gasteiger partial charge in [-0.1, -0.05) is 0 Å². The largest absolute Gasteiger partial charge is 0.385 e. The van der Waals surface area contributed by atoms with Crippen LogP contribution in [0.25, 0.3) is 0 Å². The first-order valence-electron chi connectivity index (χ1n) is 4.43. The third-order valence-electron chi connectivity index (χ3n) is 1.66. The van der Waals surface area contributed by atoms with Gasteiger partial charge in [0.25, 0.3) is 5.91 Å². The minimum Gasteiger partial charge on any atom is -0.385 e. The van der Waals surface area contributed by atoms with Crippen LogP contribution in [0.15, 0.2) is 5.38 Å². The molecule has 1 aromatic heterocycles. The van der Waals surface area contributed by atoms with Gasteiger partial charge in [-0.05, 0) is 13.3 Å². The van der Waals surface area contributed by atoms with Crippen molar-refractivity contribution in [2.24, 2.45) is 0 Å². The van der Waals surface area contributed by atoms with E-state index in [-0.39, 0.29) is 5.91 Å². The third-order valence-corrected chi connectivity index (χ3v) is 2.44. The number of rotatable bonds is 5. The molecule has 1 heterocycles. The topological polar surface area (TPSA) is 51.2 Å². The smallest absolute Gasteiger partial charge is 0.270 e. The van der Waals surface area contributed by atoms with Crippen LogP contribution in [0, 0.1) is 6.92 Å². The first kappa shape index (κ1) is 11.1. The second-order valence-corrected chi connectivity index (χ2v) is 3.92. The SMILES string of the molecule is COCCCNC(=O)c1csc(C)n1. The number of amides is 1. The molecule has 0 unspecified atom stereocenters. The van der Waals surface area contributed by atoms with Crippen molar-refractivity contribution in [3.05, 3.63) is 16.1 Å². The standard InChI is InChI=1S/C9H14N2O2S/c1-7-11-8(6-14-7)9(12)10-4-3-5-13-2/h6H,3-5H2,1-2H3,(H,10,12). The lowest BCUT2D eigenvalue weighted by molar-refractivity contribution is 0.0944. The van der Waals surface area contributed by atoms with Crippen molar-refractivity contribution in [1.29, 1.82) is 0 Å². The summed E-state index contributed by atoms with van der Waals surface area (Å²) in [6.45, 7) is 3.17. The average Bonchev–Trinajstić information content (AvgIpc) is 2.59. The van der Waals surface area contributed by atoms with Crippen molar-refractivity contribution in [3.8, 4) is 0 Å². The van der Waals surface area contributed by atoms with Crippen LogP contribution in [-0.4, -0.2) is 31.2 Å². The molecule has 1 amide bonds. The predicted molar refractivity (Wildman–Crippen MR) is 55.7 cm³/mol. The van der Waals surface area contributed by atoms with Gasteiger partial charge in [0.1, 0.15) is 5.69 Å². The lowest BCUT2D eigenvalue weighted by Gasteiger charge is -2.01. The summed E-state index contributed by atoms with van der Waals surface area (Å²) >= 11 is 1.48. The highest BCUT2D eigenvalue weighted by Crippen LogP contribution is 2.07. The fourth-order valence-corrected chi connectivity index (χ4v) is 1.57. The first-order chi connectivity index (χ1) is 6.74. The van der Waals surface area contributed by atoms with Crippen LogP contribution in [0.5, 0.6) is 0 Å². The Balaban J connectivity index is 2.29. The van der Waals surface area contributed by atoms with Gasteiger partial charge in [0.05, 0.1) is 5.01 Å². The maximum Gasteiger partial charge on any atom is 0.270 e. The molecule has 0 atom stereocenters. The Hall–Kier alpha value is -0.940. The third kappa shape index (κ3) is 3.43. The molecule has 1 rings (SSSR count). The van der Waals surface area contributed by atoms with E-state index >= 15 is 0 Å². The molecule has 0 fully saturated rings. The van der Waals surface area contributed by atoms with E-state index in [0.29, 0.717) is 18.8 Å². The number of ether oxygens (including phenoxy) is 1. The summed E-state index contributed by atoms with van der Waals surface area (Å²) in [5, 5.41) is 5.45. The van der Waals surface area contributed by atoms with Gasteiger partial charge in [-0.15, -0.1) is 11.3 Å². The lowest BCUT2D eigenvalue weighted by atomic mass is 10.4. The summed E-state index contributed by atoms with van der Waals surface area (Å²) < 4.78 is 4.87. The molecule has 0 bridgehead atoms. The van der Waals surface area contributed by atoms with E-state index in [4.69, 9.17) is 4.74 Å². The van der Waals surface area contributed by atoms with E-state index in [0.717, 1.165) is 11.4 Å². The van der Waals surface area contributed by atoms with Crippen molar-refractivity contribution >= 4 is 17.2 Å². The molecule has 0 aromatic carbocycles. The summed E-state index contributed by atoms with van der Waals surface area (Å²) in [4.78, 5) is 15.5. The lowest BCUT2D eigenvalue weighted by Crippen LogP contribution is -2.25. The Morgan fingerprint density at radius 3 is 3.07 bits per heavy atom. The number of carbonyl (C=O) groups excluding carboxylic acids is 1. The number of hydrogen-bond acceptors (Lipinski definition) is 4. The molecule has 1 N–H and O–H groups in total. The zero-order chi connectivity index (χ0) is 10.4. The van der Waals surface area contributed by atoms with Gasteiger partial charge in [-0.2, -0.15) is 0 Å². The van der Waals surface area contributed by atoms with Gasteiger partial charge < -0.3 is 10.1 Å². The van der Waals surface area contributed by atoms with Crippen LogP contribution in [0.4, 0.5) is 0 Å². The number of carbonyl (C=O) groups is 1. The molecular weight excluding hydrogens is 200 g/mol. The van der Waals surface area contributed by atoms with Gasteiger partial charge in [0.15, 0.2) is 0 Å². The Morgan fingerprint density at radius 1 is 1.71 bits per heavy atom. The van der Waals surface area contributed by atoms with Crippen molar-refractivity contribution in [2.75, 3.05) is 20.3 Å². The Bertz CT molecular complexity index is 299. The van der Waals surface area contributed by atoms with Crippen molar-refractivity contribution in [1.82, 2.24) is 10.3 Å². The molecule has 0 radical (unpaired) electrons. The molecule has 4 nitrogen and oxygen atoms in total. The van der Waals surface area contributed by atoms with Gasteiger partial charge in [0, 0.05) is 25.6 Å². The number of nitrogens with zero attached hydrogens (tertiary/aromatic N) is 1. The van der Waals surface area contributed by atoms with Crippen LogP contribution < -0.4 is 5.32 Å². The quantitative estimate of drug-likeness (QED) is 0.750. The number of nitrogens with one attached hydrogen (secondary N) is 1. The van der Waals surface area contributed by atoms with E-state index in [2.05, 4.69) is 10.3 Å². The first-order valence-corrected chi connectivity index (χ1v) is 5.31. The maximum atomic E-state index is 11.4. The molecule has 0 spiro atoms. The summed E-state index contributed by atoms with van der Waals surface area (Å²) in [7, 11) is 1.64. The normalized spacial score (nSPS) is 10.1. The monoisotopic (exact) mass is 214 g/mol. The fraction of sp³-hybridized carbons (Fsp3) is 0.556. The highest BCUT2D eigenvalue weighted by molar-refractivity contribution is 7.09. The zero-order valence-electron chi connectivity index (χ0n) is 8.37. The molecule has 0 saturated heterocycles. The van der Waals surface area contributed by atoms with Gasteiger partial charge >= 0.3 is 0 Å². The van der Waals surface area contributed by atoms with E-state index in [9.17, 15) is 4.79 Å². The molecule has 0 aliphatic rings. The Labute approximate surface area is 87.3 Å². The minimum absolute atomic E-state index is 0.106. The maximum absolute atomic E-state index is 11.4. The van der Waals surface area contributed by atoms with Crippen LogP contribution in [0.1, 0.15) is 21.9 Å². The Kier molecular flexibility index (Phi) is 4.55. The summed E-state index contributed by atoms with van der Waals surface area (Å²) in [6, 6.07) is 0. The highest BCUT2D eigenvalue weighted by Gasteiger charge is 2.07. The van der Waals surface area contributed by atoms with Crippen LogP contribution in [0.2, 0.25) is 0 Å². The minimum atomic E-state index is -0.106. The number of methoxy groups -OCH3 is 1. The van der Waals surface area contributed by atoms with Crippen molar-refractivity contribution < 1.29 is 9.53 Å². The van der Waals surface area contributed by atoms with E-state index in [1.54, 1.807) is 12.5 Å². The predicted octanol–water partition coefficient (Wildman–Crippen LogP) is 1.22.